The van der Waals surface area contributed by atoms with Gasteiger partial charge < -0.3 is 5.73 Å². The number of hydrogen-bond donors (Lipinski definition) is 3. The van der Waals surface area contributed by atoms with Crippen molar-refractivity contribution in [3.8, 4) is 0 Å². The molecule has 0 bridgehead atoms. The van der Waals surface area contributed by atoms with Gasteiger partial charge in [-0.05, 0) is 5.56 Å². The molecule has 0 radical (unpaired) electrons. The molecule has 0 aliphatic heterocycles. The summed E-state index contributed by atoms with van der Waals surface area (Å²) in [4.78, 5) is 0.324. The summed E-state index contributed by atoms with van der Waals surface area (Å²) in [6.45, 7) is 2.30. The monoisotopic (exact) mass is 273 g/mol. The molecule has 0 fully saturated rings. The highest BCUT2D eigenvalue weighted by molar-refractivity contribution is 7.87. The summed E-state index contributed by atoms with van der Waals surface area (Å²) in [5.41, 5.74) is 7.06. The number of benzene rings is 1. The Hall–Kier alpha value is -1.02. The highest BCUT2D eigenvalue weighted by atomic mass is 32.2. The molecule has 0 unspecified atom stereocenters. The number of nitrogens with two attached hydrogens (primary N) is 1. The molecule has 0 spiro atoms. The lowest BCUT2D eigenvalue weighted by atomic mass is 10.1. The molecule has 1 rings (SSSR count). The van der Waals surface area contributed by atoms with E-state index in [1.54, 1.807) is 31.2 Å². The van der Waals surface area contributed by atoms with Crippen LogP contribution in [0.5, 0.6) is 0 Å². The molecule has 94 valence electrons. The highest BCUT2D eigenvalue weighted by Crippen LogP contribution is 2.04. The van der Waals surface area contributed by atoms with E-state index in [0.29, 0.717) is 11.5 Å². The van der Waals surface area contributed by atoms with E-state index in [4.69, 9.17) is 18.0 Å². The maximum atomic E-state index is 11.3. The van der Waals surface area contributed by atoms with E-state index in [2.05, 4.69) is 9.44 Å². The topological polar surface area (TPSA) is 84.2 Å². The predicted molar refractivity (Wildman–Crippen MR) is 71.8 cm³/mol. The standard InChI is InChI=1S/C10H15N3O2S2/c1-2-12-17(14,15)13-7-8-3-5-9(6-4-8)10(11)16/h3-6,12-13H,2,7H2,1H3,(H2,11,16). The molecule has 1 aromatic rings. The summed E-state index contributed by atoms with van der Waals surface area (Å²) in [5.74, 6) is 0. The van der Waals surface area contributed by atoms with Gasteiger partial charge in [-0.1, -0.05) is 43.4 Å². The summed E-state index contributed by atoms with van der Waals surface area (Å²) in [6.07, 6.45) is 0. The van der Waals surface area contributed by atoms with Crippen LogP contribution in [0.4, 0.5) is 0 Å². The van der Waals surface area contributed by atoms with Crippen LogP contribution in [-0.2, 0) is 16.8 Å². The van der Waals surface area contributed by atoms with Crippen LogP contribution < -0.4 is 15.2 Å². The fourth-order valence-corrected chi connectivity index (χ4v) is 2.18. The average molecular weight is 273 g/mol. The lowest BCUT2D eigenvalue weighted by molar-refractivity contribution is 0.568. The van der Waals surface area contributed by atoms with Crippen LogP contribution in [0.15, 0.2) is 24.3 Å². The van der Waals surface area contributed by atoms with Crippen LogP contribution in [0, 0.1) is 0 Å². The molecule has 0 aliphatic carbocycles. The van der Waals surface area contributed by atoms with Gasteiger partial charge in [0.05, 0.1) is 0 Å². The van der Waals surface area contributed by atoms with Gasteiger partial charge in [0.1, 0.15) is 4.99 Å². The molecular formula is C10H15N3O2S2. The highest BCUT2D eigenvalue weighted by Gasteiger charge is 2.06. The summed E-state index contributed by atoms with van der Waals surface area (Å²) in [5, 5.41) is 0. The molecule has 0 aliphatic rings. The van der Waals surface area contributed by atoms with E-state index < -0.39 is 10.2 Å². The van der Waals surface area contributed by atoms with Crippen molar-refractivity contribution < 1.29 is 8.42 Å². The van der Waals surface area contributed by atoms with Crippen LogP contribution in [0.1, 0.15) is 18.1 Å². The number of nitrogens with one attached hydrogen (secondary N) is 2. The van der Waals surface area contributed by atoms with Crippen LogP contribution in [0.3, 0.4) is 0 Å². The quantitative estimate of drug-likeness (QED) is 0.649. The maximum Gasteiger partial charge on any atom is 0.277 e. The number of hydrogen-bond acceptors (Lipinski definition) is 3. The number of rotatable bonds is 6. The number of thiocarbonyl (C=S) groups is 1. The van der Waals surface area contributed by atoms with Gasteiger partial charge >= 0.3 is 0 Å². The zero-order valence-corrected chi connectivity index (χ0v) is 11.1. The third-order valence-electron chi connectivity index (χ3n) is 2.04. The zero-order chi connectivity index (χ0) is 12.9. The largest absolute Gasteiger partial charge is 0.389 e. The van der Waals surface area contributed by atoms with Crippen molar-refractivity contribution in [1.29, 1.82) is 0 Å². The summed E-state index contributed by atoms with van der Waals surface area (Å²) >= 11 is 4.82. The first kappa shape index (κ1) is 14.0. The molecule has 5 nitrogen and oxygen atoms in total. The van der Waals surface area contributed by atoms with Gasteiger partial charge in [0.2, 0.25) is 0 Å². The van der Waals surface area contributed by atoms with Gasteiger partial charge in [-0.25, -0.2) is 4.72 Å². The Kier molecular flexibility index (Phi) is 5.01. The molecule has 0 amide bonds. The van der Waals surface area contributed by atoms with E-state index in [-0.39, 0.29) is 6.54 Å². The lowest BCUT2D eigenvalue weighted by Gasteiger charge is -2.07. The SMILES string of the molecule is CCNS(=O)(=O)NCc1ccc(C(N)=S)cc1. The predicted octanol–water partition coefficient (Wildman–Crippen LogP) is 0.265. The van der Waals surface area contributed by atoms with Gasteiger partial charge in [0.15, 0.2) is 0 Å². The molecule has 4 N–H and O–H groups in total. The summed E-state index contributed by atoms with van der Waals surface area (Å²) in [6, 6.07) is 7.09. The van der Waals surface area contributed by atoms with Gasteiger partial charge in [-0.3, -0.25) is 0 Å². The maximum absolute atomic E-state index is 11.3. The van der Waals surface area contributed by atoms with Crippen molar-refractivity contribution in [2.45, 2.75) is 13.5 Å². The fraction of sp³-hybridized carbons (Fsp3) is 0.300. The smallest absolute Gasteiger partial charge is 0.277 e. The minimum atomic E-state index is -3.41. The summed E-state index contributed by atoms with van der Waals surface area (Å²) in [7, 11) is -3.41. The molecule has 17 heavy (non-hydrogen) atoms. The second-order valence-electron chi connectivity index (χ2n) is 3.38. The Labute approximate surface area is 107 Å². The molecule has 0 saturated carbocycles. The van der Waals surface area contributed by atoms with E-state index in [1.807, 2.05) is 0 Å². The first-order chi connectivity index (χ1) is 7.94. The van der Waals surface area contributed by atoms with E-state index in [0.717, 1.165) is 11.1 Å². The van der Waals surface area contributed by atoms with Crippen LogP contribution in [0.2, 0.25) is 0 Å². The van der Waals surface area contributed by atoms with Crippen LogP contribution >= 0.6 is 12.2 Å². The molecule has 0 heterocycles. The van der Waals surface area contributed by atoms with Gasteiger partial charge in [-0.2, -0.15) is 13.1 Å². The van der Waals surface area contributed by atoms with E-state index in [1.165, 1.54) is 0 Å². The van der Waals surface area contributed by atoms with Crippen molar-refractivity contribution in [2.75, 3.05) is 6.54 Å². The molecule has 0 saturated heterocycles. The minimum absolute atomic E-state index is 0.229. The molecule has 0 aromatic heterocycles. The third-order valence-corrected chi connectivity index (χ3v) is 3.47. The van der Waals surface area contributed by atoms with Crippen molar-refractivity contribution in [3.05, 3.63) is 35.4 Å². The average Bonchev–Trinajstić information content (AvgIpc) is 2.27. The van der Waals surface area contributed by atoms with Crippen LogP contribution in [0.25, 0.3) is 0 Å². The van der Waals surface area contributed by atoms with E-state index >= 15 is 0 Å². The van der Waals surface area contributed by atoms with Crippen molar-refractivity contribution in [2.24, 2.45) is 5.73 Å². The van der Waals surface area contributed by atoms with Gasteiger partial charge in [-0.15, -0.1) is 0 Å². The van der Waals surface area contributed by atoms with Gasteiger partial charge in [0, 0.05) is 18.7 Å². The van der Waals surface area contributed by atoms with E-state index in [9.17, 15) is 8.42 Å². The Balaban J connectivity index is 2.62. The Morgan fingerprint density at radius 3 is 2.35 bits per heavy atom. The Morgan fingerprint density at radius 1 is 1.29 bits per heavy atom. The zero-order valence-electron chi connectivity index (χ0n) is 9.43. The minimum Gasteiger partial charge on any atom is -0.389 e. The lowest BCUT2D eigenvalue weighted by Crippen LogP contribution is -2.35. The second kappa shape index (κ2) is 6.06. The molecule has 0 atom stereocenters. The second-order valence-corrected chi connectivity index (χ2v) is 5.41. The third kappa shape index (κ3) is 4.78. The fourth-order valence-electron chi connectivity index (χ4n) is 1.21. The van der Waals surface area contributed by atoms with Crippen molar-refractivity contribution in [3.63, 3.8) is 0 Å². The first-order valence-corrected chi connectivity index (χ1v) is 6.96. The van der Waals surface area contributed by atoms with Crippen molar-refractivity contribution >= 4 is 27.4 Å². The molecule has 1 aromatic carbocycles. The molecule has 7 heteroatoms. The Bertz CT molecular complexity index is 483. The van der Waals surface area contributed by atoms with Crippen molar-refractivity contribution in [1.82, 2.24) is 9.44 Å². The molecular weight excluding hydrogens is 258 g/mol. The normalized spacial score (nSPS) is 11.4. The van der Waals surface area contributed by atoms with Crippen LogP contribution in [-0.4, -0.2) is 20.0 Å². The van der Waals surface area contributed by atoms with Gasteiger partial charge in [0.25, 0.3) is 10.2 Å². The first-order valence-electron chi connectivity index (χ1n) is 5.07. The Morgan fingerprint density at radius 2 is 1.88 bits per heavy atom. The summed E-state index contributed by atoms with van der Waals surface area (Å²) < 4.78 is 27.4.